The van der Waals surface area contributed by atoms with Crippen LogP contribution in [0.3, 0.4) is 0 Å². The highest BCUT2D eigenvalue weighted by molar-refractivity contribution is 5.95. The first-order valence-electron chi connectivity index (χ1n) is 9.31. The van der Waals surface area contributed by atoms with Crippen LogP contribution in [0.15, 0.2) is 28.2 Å². The Bertz CT molecular complexity index is 921. The van der Waals surface area contributed by atoms with Crippen molar-refractivity contribution in [1.82, 2.24) is 0 Å². The molecule has 0 N–H and O–H groups in total. The van der Waals surface area contributed by atoms with Gasteiger partial charge in [-0.3, -0.25) is 10.1 Å². The monoisotopic (exact) mass is 355 g/mol. The minimum atomic E-state index is -0.522. The van der Waals surface area contributed by atoms with Gasteiger partial charge >= 0.3 is 0 Å². The lowest BCUT2D eigenvalue weighted by molar-refractivity contribution is -0.539. The van der Waals surface area contributed by atoms with E-state index in [1.54, 1.807) is 7.11 Å². The summed E-state index contributed by atoms with van der Waals surface area (Å²) in [6, 6.07) is 5.39. The lowest BCUT2D eigenvalue weighted by Gasteiger charge is -2.37. The van der Waals surface area contributed by atoms with Crippen LogP contribution in [0.5, 0.6) is 5.75 Å². The van der Waals surface area contributed by atoms with Gasteiger partial charge in [-0.25, -0.2) is 0 Å². The number of methoxy groups -OCH3 is 1. The molecule has 0 bridgehead atoms. The third-order valence-corrected chi connectivity index (χ3v) is 6.40. The lowest BCUT2D eigenvalue weighted by Crippen LogP contribution is -2.40. The number of allylic oxidation sites excluding steroid dienone is 1. The van der Waals surface area contributed by atoms with Crippen LogP contribution in [-0.4, -0.2) is 18.1 Å². The highest BCUT2D eigenvalue weighted by Gasteiger charge is 2.47. The molecule has 0 amide bonds. The van der Waals surface area contributed by atoms with Crippen LogP contribution < -0.4 is 4.74 Å². The van der Waals surface area contributed by atoms with Gasteiger partial charge in [-0.1, -0.05) is 12.5 Å². The molecule has 26 heavy (non-hydrogen) atoms. The van der Waals surface area contributed by atoms with E-state index in [-0.39, 0.29) is 4.92 Å². The summed E-state index contributed by atoms with van der Waals surface area (Å²) >= 11 is 0. The van der Waals surface area contributed by atoms with Gasteiger partial charge in [-0.2, -0.15) is 0 Å². The van der Waals surface area contributed by atoms with E-state index in [4.69, 9.17) is 9.15 Å². The van der Waals surface area contributed by atoms with Gasteiger partial charge < -0.3 is 9.15 Å². The molecule has 2 atom stereocenters. The summed E-state index contributed by atoms with van der Waals surface area (Å²) in [5, 5.41) is 12.7. The highest BCUT2D eigenvalue weighted by Crippen LogP contribution is 2.53. The quantitative estimate of drug-likeness (QED) is 0.523. The van der Waals surface area contributed by atoms with Crippen molar-refractivity contribution in [3.05, 3.63) is 45.2 Å². The molecule has 0 spiro atoms. The Hall–Kier alpha value is -2.30. The molecule has 0 saturated carbocycles. The summed E-state index contributed by atoms with van der Waals surface area (Å²) in [6.45, 7) is 6.26. The van der Waals surface area contributed by atoms with Gasteiger partial charge in [0.1, 0.15) is 17.1 Å². The number of hydrogen-bond donors (Lipinski definition) is 0. The largest absolute Gasteiger partial charge is 0.497 e. The van der Waals surface area contributed by atoms with Crippen LogP contribution >= 0.6 is 0 Å². The zero-order valence-corrected chi connectivity index (χ0v) is 15.8. The van der Waals surface area contributed by atoms with Crippen LogP contribution in [-0.2, 0) is 0 Å². The fraction of sp³-hybridized carbons (Fsp3) is 0.524. The van der Waals surface area contributed by atoms with Crippen LogP contribution in [0.25, 0.3) is 16.5 Å². The maximum absolute atomic E-state index is 11.6. The van der Waals surface area contributed by atoms with Gasteiger partial charge in [0.05, 0.1) is 12.5 Å². The van der Waals surface area contributed by atoms with E-state index in [2.05, 4.69) is 6.92 Å². The van der Waals surface area contributed by atoms with Crippen molar-refractivity contribution in [3.63, 3.8) is 0 Å². The third kappa shape index (κ3) is 2.37. The van der Waals surface area contributed by atoms with Crippen LogP contribution in [0.1, 0.15) is 63.7 Å². The van der Waals surface area contributed by atoms with Crippen molar-refractivity contribution in [3.8, 4) is 5.75 Å². The van der Waals surface area contributed by atoms with Crippen molar-refractivity contribution >= 4 is 16.5 Å². The second-order valence-corrected chi connectivity index (χ2v) is 8.16. The molecule has 2 aliphatic rings. The van der Waals surface area contributed by atoms with Gasteiger partial charge in [0.25, 0.3) is 0 Å². The van der Waals surface area contributed by atoms with E-state index in [0.29, 0.717) is 12.3 Å². The number of benzene rings is 1. The molecular formula is C21H25NO4. The predicted octanol–water partition coefficient (Wildman–Crippen LogP) is 5.56. The normalized spacial score (nSPS) is 24.8. The van der Waals surface area contributed by atoms with Crippen LogP contribution in [0, 0.1) is 15.5 Å². The molecule has 5 heteroatoms. The van der Waals surface area contributed by atoms with Gasteiger partial charge in [0.15, 0.2) is 0 Å². The Morgan fingerprint density at radius 3 is 2.73 bits per heavy atom. The standard InChI is InChI=1S/C21H25NO4/c1-12-5-8-16-14(7-10-18(22(23)24)21(16,2)3)19-15-11-13(25-4)6-9-17(15)26-20(12)19/h6,9,11-12,18H,5,7-8,10H2,1-4H3/t12-,18?/m0/s1. The molecule has 1 unspecified atom stereocenters. The molecule has 2 aliphatic carbocycles. The zero-order chi connectivity index (χ0) is 18.6. The average molecular weight is 355 g/mol. The summed E-state index contributed by atoms with van der Waals surface area (Å²) in [7, 11) is 1.67. The lowest BCUT2D eigenvalue weighted by atomic mass is 9.67. The number of fused-ring (bicyclic) bond motifs is 4. The van der Waals surface area contributed by atoms with E-state index in [1.165, 1.54) is 11.1 Å². The molecule has 0 aliphatic heterocycles. The van der Waals surface area contributed by atoms with Crippen molar-refractivity contribution in [1.29, 1.82) is 0 Å². The number of rotatable bonds is 2. The van der Waals surface area contributed by atoms with Gasteiger partial charge in [0.2, 0.25) is 6.04 Å². The van der Waals surface area contributed by atoms with Gasteiger partial charge in [-0.05, 0) is 56.9 Å². The van der Waals surface area contributed by atoms with E-state index >= 15 is 0 Å². The molecule has 0 saturated heterocycles. The van der Waals surface area contributed by atoms with Crippen molar-refractivity contribution in [2.24, 2.45) is 5.41 Å². The number of nitrogens with zero attached hydrogens (tertiary/aromatic N) is 1. The maximum atomic E-state index is 11.6. The molecule has 1 aromatic carbocycles. The third-order valence-electron chi connectivity index (χ3n) is 6.40. The summed E-state index contributed by atoms with van der Waals surface area (Å²) in [4.78, 5) is 11.5. The maximum Gasteiger partial charge on any atom is 0.222 e. The van der Waals surface area contributed by atoms with E-state index < -0.39 is 11.5 Å². The summed E-state index contributed by atoms with van der Waals surface area (Å²) in [6.07, 6.45) is 3.15. The number of hydrogen-bond acceptors (Lipinski definition) is 4. The Labute approximate surface area is 153 Å². The molecule has 138 valence electrons. The molecule has 5 nitrogen and oxygen atoms in total. The van der Waals surface area contributed by atoms with Crippen molar-refractivity contribution in [2.75, 3.05) is 7.11 Å². The predicted molar refractivity (Wildman–Crippen MR) is 101 cm³/mol. The Kier molecular flexibility index (Phi) is 3.86. The Balaban J connectivity index is 1.99. The number of nitro groups is 1. The molecule has 0 fully saturated rings. The first-order valence-corrected chi connectivity index (χ1v) is 9.31. The molecule has 2 aromatic rings. The second kappa shape index (κ2) is 5.86. The van der Waals surface area contributed by atoms with Gasteiger partial charge in [0, 0.05) is 28.2 Å². The average Bonchev–Trinajstić information content (AvgIpc) is 2.90. The van der Waals surface area contributed by atoms with Crippen LogP contribution in [0.2, 0.25) is 0 Å². The SMILES string of the molecule is COc1ccc2oc3c(c2c1)C1=C(CC[C@@H]3C)C(C)(C)C([N+](=O)[O-])CC1. The van der Waals surface area contributed by atoms with E-state index in [9.17, 15) is 10.1 Å². The second-order valence-electron chi connectivity index (χ2n) is 8.16. The molecule has 0 radical (unpaired) electrons. The Morgan fingerprint density at radius 2 is 2.04 bits per heavy atom. The topological polar surface area (TPSA) is 65.5 Å². The zero-order valence-electron chi connectivity index (χ0n) is 15.8. The minimum Gasteiger partial charge on any atom is -0.497 e. The fourth-order valence-corrected chi connectivity index (χ4v) is 4.87. The van der Waals surface area contributed by atoms with Crippen molar-refractivity contribution < 1.29 is 14.1 Å². The molecule has 4 rings (SSSR count). The van der Waals surface area contributed by atoms with Crippen molar-refractivity contribution in [2.45, 2.75) is 58.4 Å². The van der Waals surface area contributed by atoms with Crippen LogP contribution in [0.4, 0.5) is 0 Å². The number of furan rings is 1. The minimum absolute atomic E-state index is 0.0878. The Morgan fingerprint density at radius 1 is 1.27 bits per heavy atom. The molecule has 1 heterocycles. The molecule has 1 aromatic heterocycles. The molecular weight excluding hydrogens is 330 g/mol. The van der Waals surface area contributed by atoms with E-state index in [0.717, 1.165) is 47.3 Å². The van der Waals surface area contributed by atoms with Gasteiger partial charge in [-0.15, -0.1) is 0 Å². The first kappa shape index (κ1) is 17.1. The summed E-state index contributed by atoms with van der Waals surface area (Å²) in [5.74, 6) is 2.12. The summed E-state index contributed by atoms with van der Waals surface area (Å²) < 4.78 is 11.7. The summed E-state index contributed by atoms with van der Waals surface area (Å²) in [5.41, 5.74) is 4.08. The first-order chi connectivity index (χ1) is 12.3. The highest BCUT2D eigenvalue weighted by atomic mass is 16.6. The van der Waals surface area contributed by atoms with E-state index in [1.807, 2.05) is 32.0 Å². The smallest absolute Gasteiger partial charge is 0.222 e. The number of ether oxygens (including phenoxy) is 1. The fourth-order valence-electron chi connectivity index (χ4n) is 4.87.